The van der Waals surface area contributed by atoms with Gasteiger partial charge in [0.2, 0.25) is 0 Å². The van der Waals surface area contributed by atoms with Crippen molar-refractivity contribution in [3.63, 3.8) is 0 Å². The molecule has 1 saturated heterocycles. The topological polar surface area (TPSA) is 21.3 Å². The van der Waals surface area contributed by atoms with Gasteiger partial charge in [0.15, 0.2) is 0 Å². The summed E-state index contributed by atoms with van der Waals surface area (Å²) in [6.07, 6.45) is 4.06. The number of ether oxygens (including phenoxy) is 1. The van der Waals surface area contributed by atoms with Crippen molar-refractivity contribution in [2.75, 3.05) is 13.2 Å². The smallest absolute Gasteiger partial charge is 0.0588 e. The Balaban J connectivity index is 1.58. The lowest BCUT2D eigenvalue weighted by molar-refractivity contribution is 0.103. The molecule has 0 amide bonds. The standard InChI is InChI=1S/C18H23NO/c1-14(19-11-10-18-7-4-12-20-18)16-9-8-15-5-2-3-6-17(15)13-16/h2-3,5-6,8-9,13-14,18-19H,4,7,10-12H2,1H3/t14-,18-/m0/s1. The van der Waals surface area contributed by atoms with Crippen LogP contribution in [-0.4, -0.2) is 19.3 Å². The van der Waals surface area contributed by atoms with E-state index >= 15 is 0 Å². The molecule has 1 fully saturated rings. The Bertz CT molecular complexity index is 560. The maximum Gasteiger partial charge on any atom is 0.0588 e. The van der Waals surface area contributed by atoms with Crippen LogP contribution < -0.4 is 5.32 Å². The van der Waals surface area contributed by atoms with Gasteiger partial charge in [-0.1, -0.05) is 36.4 Å². The Morgan fingerprint density at radius 1 is 1.20 bits per heavy atom. The highest BCUT2D eigenvalue weighted by Gasteiger charge is 2.15. The first-order valence-corrected chi connectivity index (χ1v) is 7.66. The third-order valence-corrected chi connectivity index (χ3v) is 4.21. The summed E-state index contributed by atoms with van der Waals surface area (Å²) >= 11 is 0. The lowest BCUT2D eigenvalue weighted by atomic mass is 10.0. The molecule has 1 aliphatic rings. The van der Waals surface area contributed by atoms with Crippen molar-refractivity contribution < 1.29 is 4.74 Å². The molecule has 0 aromatic heterocycles. The van der Waals surface area contributed by atoms with Crippen molar-refractivity contribution >= 4 is 10.8 Å². The Hall–Kier alpha value is -1.38. The number of hydrogen-bond acceptors (Lipinski definition) is 2. The molecule has 2 heteroatoms. The van der Waals surface area contributed by atoms with Gasteiger partial charge in [0, 0.05) is 12.6 Å². The van der Waals surface area contributed by atoms with Crippen LogP contribution in [0.5, 0.6) is 0 Å². The van der Waals surface area contributed by atoms with Gasteiger partial charge in [-0.15, -0.1) is 0 Å². The maximum atomic E-state index is 5.66. The van der Waals surface area contributed by atoms with Gasteiger partial charge < -0.3 is 10.1 Å². The number of hydrogen-bond donors (Lipinski definition) is 1. The first-order valence-electron chi connectivity index (χ1n) is 7.66. The van der Waals surface area contributed by atoms with Crippen molar-refractivity contribution in [2.45, 2.75) is 38.3 Å². The molecule has 1 N–H and O–H groups in total. The van der Waals surface area contributed by atoms with Gasteiger partial charge in [-0.3, -0.25) is 0 Å². The monoisotopic (exact) mass is 269 g/mol. The fourth-order valence-corrected chi connectivity index (χ4v) is 2.93. The predicted octanol–water partition coefficient (Wildman–Crippen LogP) is 4.06. The van der Waals surface area contributed by atoms with Gasteiger partial charge in [-0.05, 0) is 55.1 Å². The molecule has 0 aliphatic carbocycles. The number of nitrogens with one attached hydrogen (secondary N) is 1. The third kappa shape index (κ3) is 3.20. The van der Waals surface area contributed by atoms with E-state index in [4.69, 9.17) is 4.74 Å². The maximum absolute atomic E-state index is 5.66. The number of fused-ring (bicyclic) bond motifs is 1. The van der Waals surface area contributed by atoms with E-state index in [2.05, 4.69) is 54.7 Å². The van der Waals surface area contributed by atoms with Crippen LogP contribution in [0, 0.1) is 0 Å². The van der Waals surface area contributed by atoms with Crippen LogP contribution >= 0.6 is 0 Å². The lowest BCUT2D eigenvalue weighted by Gasteiger charge is -2.16. The average Bonchev–Trinajstić information content (AvgIpc) is 3.00. The Morgan fingerprint density at radius 2 is 2.05 bits per heavy atom. The van der Waals surface area contributed by atoms with Crippen molar-refractivity contribution in [3.05, 3.63) is 48.0 Å². The minimum Gasteiger partial charge on any atom is -0.378 e. The third-order valence-electron chi connectivity index (χ3n) is 4.21. The summed E-state index contributed by atoms with van der Waals surface area (Å²) in [5, 5.41) is 6.24. The Kier molecular flexibility index (Phi) is 4.34. The van der Waals surface area contributed by atoms with Gasteiger partial charge in [0.05, 0.1) is 6.10 Å². The van der Waals surface area contributed by atoms with Gasteiger partial charge >= 0.3 is 0 Å². The van der Waals surface area contributed by atoms with Crippen molar-refractivity contribution in [1.29, 1.82) is 0 Å². The molecule has 1 aliphatic heterocycles. The van der Waals surface area contributed by atoms with E-state index in [1.807, 2.05) is 0 Å². The molecule has 2 nitrogen and oxygen atoms in total. The molecular formula is C18H23NO. The molecule has 2 aromatic carbocycles. The van der Waals surface area contributed by atoms with Gasteiger partial charge in [-0.2, -0.15) is 0 Å². The fourth-order valence-electron chi connectivity index (χ4n) is 2.93. The van der Waals surface area contributed by atoms with Crippen LogP contribution in [0.3, 0.4) is 0 Å². The summed E-state index contributed by atoms with van der Waals surface area (Å²) in [6, 6.07) is 15.6. The van der Waals surface area contributed by atoms with Crippen LogP contribution in [0.15, 0.2) is 42.5 Å². The van der Waals surface area contributed by atoms with E-state index in [1.54, 1.807) is 0 Å². The zero-order valence-electron chi connectivity index (χ0n) is 12.1. The predicted molar refractivity (Wildman–Crippen MR) is 84.0 cm³/mol. The van der Waals surface area contributed by atoms with Crippen molar-refractivity contribution in [2.24, 2.45) is 0 Å². The van der Waals surface area contributed by atoms with Crippen LogP contribution in [0.1, 0.15) is 37.8 Å². The summed E-state index contributed by atoms with van der Waals surface area (Å²) in [6.45, 7) is 4.21. The molecule has 20 heavy (non-hydrogen) atoms. The average molecular weight is 269 g/mol. The van der Waals surface area contributed by atoms with Crippen LogP contribution in [0.4, 0.5) is 0 Å². The minimum atomic E-state index is 0.390. The molecule has 2 aromatic rings. The van der Waals surface area contributed by atoms with Crippen LogP contribution in [0.25, 0.3) is 10.8 Å². The Labute approximate surface area is 121 Å². The van der Waals surface area contributed by atoms with E-state index in [0.29, 0.717) is 12.1 Å². The summed E-state index contributed by atoms with van der Waals surface area (Å²) in [5.41, 5.74) is 1.36. The van der Waals surface area contributed by atoms with Gasteiger partial charge in [0.25, 0.3) is 0 Å². The van der Waals surface area contributed by atoms with Crippen molar-refractivity contribution in [3.8, 4) is 0 Å². The van der Waals surface area contributed by atoms with E-state index in [9.17, 15) is 0 Å². The first-order chi connectivity index (χ1) is 9.83. The molecule has 0 bridgehead atoms. The van der Waals surface area contributed by atoms with Crippen LogP contribution in [-0.2, 0) is 4.74 Å². The Morgan fingerprint density at radius 3 is 2.85 bits per heavy atom. The van der Waals surface area contributed by atoms with E-state index in [-0.39, 0.29) is 0 Å². The van der Waals surface area contributed by atoms with Crippen LogP contribution in [0.2, 0.25) is 0 Å². The molecule has 0 spiro atoms. The molecule has 106 valence electrons. The zero-order valence-corrected chi connectivity index (χ0v) is 12.1. The first kappa shape index (κ1) is 13.6. The fraction of sp³-hybridized carbons (Fsp3) is 0.444. The highest BCUT2D eigenvalue weighted by Crippen LogP contribution is 2.20. The van der Waals surface area contributed by atoms with E-state index < -0.39 is 0 Å². The molecule has 0 saturated carbocycles. The molecule has 3 rings (SSSR count). The number of rotatable bonds is 5. The lowest BCUT2D eigenvalue weighted by Crippen LogP contribution is -2.23. The number of benzene rings is 2. The van der Waals surface area contributed by atoms with Gasteiger partial charge in [0.1, 0.15) is 0 Å². The molecule has 2 atom stereocenters. The second-order valence-electron chi connectivity index (χ2n) is 5.71. The van der Waals surface area contributed by atoms with Crippen molar-refractivity contribution in [1.82, 2.24) is 5.32 Å². The molecule has 0 radical (unpaired) electrons. The highest BCUT2D eigenvalue weighted by atomic mass is 16.5. The zero-order chi connectivity index (χ0) is 13.8. The second-order valence-corrected chi connectivity index (χ2v) is 5.71. The molecule has 0 unspecified atom stereocenters. The quantitative estimate of drug-likeness (QED) is 0.884. The highest BCUT2D eigenvalue weighted by molar-refractivity contribution is 5.83. The van der Waals surface area contributed by atoms with Gasteiger partial charge in [-0.25, -0.2) is 0 Å². The van der Waals surface area contributed by atoms with E-state index in [1.165, 1.54) is 29.2 Å². The van der Waals surface area contributed by atoms with E-state index in [0.717, 1.165) is 19.6 Å². The molecule has 1 heterocycles. The second kappa shape index (κ2) is 6.38. The summed E-state index contributed by atoms with van der Waals surface area (Å²) < 4.78 is 5.66. The summed E-state index contributed by atoms with van der Waals surface area (Å²) in [7, 11) is 0. The summed E-state index contributed by atoms with van der Waals surface area (Å²) in [5.74, 6) is 0. The molecular weight excluding hydrogens is 246 g/mol. The summed E-state index contributed by atoms with van der Waals surface area (Å²) in [4.78, 5) is 0. The normalized spacial score (nSPS) is 20.4. The SMILES string of the molecule is C[C@H](NCC[C@@H]1CCCO1)c1ccc2ccccc2c1. The largest absolute Gasteiger partial charge is 0.378 e. The minimum absolute atomic E-state index is 0.390.